The zero-order valence-electron chi connectivity index (χ0n) is 8.86. The average molecular weight is 202 g/mol. The summed E-state index contributed by atoms with van der Waals surface area (Å²) in [5, 5.41) is 21.2. The fourth-order valence-corrected chi connectivity index (χ4v) is 1.96. The third-order valence-electron chi connectivity index (χ3n) is 2.63. The van der Waals surface area contributed by atoms with Gasteiger partial charge in [0.25, 0.3) is 0 Å². The maximum absolute atomic E-state index is 9.79. The first-order chi connectivity index (χ1) is 7.11. The van der Waals surface area contributed by atoms with Crippen LogP contribution in [0.2, 0.25) is 0 Å². The van der Waals surface area contributed by atoms with Gasteiger partial charge in [-0.2, -0.15) is 0 Å². The fraction of sp³-hybridized carbons (Fsp3) is 0.231. The molecule has 0 bridgehead atoms. The second-order valence-electron chi connectivity index (χ2n) is 4.03. The SMILES string of the molecule is CC(C)c1c(O)ccc2c(O)cccc12. The third kappa shape index (κ3) is 1.52. The minimum Gasteiger partial charge on any atom is -0.508 e. The van der Waals surface area contributed by atoms with Gasteiger partial charge in [0.1, 0.15) is 11.5 Å². The molecule has 0 atom stereocenters. The van der Waals surface area contributed by atoms with Crippen molar-refractivity contribution in [2.45, 2.75) is 19.8 Å². The zero-order valence-corrected chi connectivity index (χ0v) is 8.86. The minimum atomic E-state index is 0.232. The maximum Gasteiger partial charge on any atom is 0.123 e. The highest BCUT2D eigenvalue weighted by molar-refractivity contribution is 5.92. The van der Waals surface area contributed by atoms with E-state index in [1.54, 1.807) is 24.3 Å². The summed E-state index contributed by atoms with van der Waals surface area (Å²) >= 11 is 0. The molecule has 0 saturated heterocycles. The lowest BCUT2D eigenvalue weighted by Crippen LogP contribution is -1.90. The van der Waals surface area contributed by atoms with Crippen LogP contribution in [0.1, 0.15) is 25.3 Å². The molecule has 0 radical (unpaired) electrons. The Morgan fingerprint density at radius 3 is 2.27 bits per heavy atom. The molecule has 0 saturated carbocycles. The first-order valence-corrected chi connectivity index (χ1v) is 5.05. The van der Waals surface area contributed by atoms with E-state index in [0.29, 0.717) is 5.75 Å². The summed E-state index contributed by atoms with van der Waals surface area (Å²) in [7, 11) is 0. The monoisotopic (exact) mass is 202 g/mol. The Labute approximate surface area is 88.8 Å². The van der Waals surface area contributed by atoms with Crippen LogP contribution in [0, 0.1) is 0 Å². The molecule has 15 heavy (non-hydrogen) atoms. The van der Waals surface area contributed by atoms with E-state index in [2.05, 4.69) is 0 Å². The summed E-state index contributed by atoms with van der Waals surface area (Å²) in [5.41, 5.74) is 0.892. The highest BCUT2D eigenvalue weighted by atomic mass is 16.3. The topological polar surface area (TPSA) is 40.5 Å². The summed E-state index contributed by atoms with van der Waals surface area (Å²) in [6.45, 7) is 4.05. The largest absolute Gasteiger partial charge is 0.508 e. The average Bonchev–Trinajstić information content (AvgIpc) is 2.17. The standard InChI is InChI=1S/C13H14O2/c1-8(2)13-10-4-3-5-11(14)9(10)6-7-12(13)15/h3-8,14-15H,1-2H3. The predicted octanol–water partition coefficient (Wildman–Crippen LogP) is 3.37. The minimum absolute atomic E-state index is 0.232. The van der Waals surface area contributed by atoms with Gasteiger partial charge in [-0.25, -0.2) is 0 Å². The van der Waals surface area contributed by atoms with E-state index >= 15 is 0 Å². The van der Waals surface area contributed by atoms with Crippen molar-refractivity contribution >= 4 is 10.8 Å². The Kier molecular flexibility index (Phi) is 2.27. The van der Waals surface area contributed by atoms with Gasteiger partial charge in [-0.15, -0.1) is 0 Å². The summed E-state index contributed by atoms with van der Waals surface area (Å²) in [5.74, 6) is 0.785. The van der Waals surface area contributed by atoms with E-state index in [9.17, 15) is 10.2 Å². The Bertz CT molecular complexity index is 501. The van der Waals surface area contributed by atoms with Crippen molar-refractivity contribution in [1.82, 2.24) is 0 Å². The number of fused-ring (bicyclic) bond motifs is 1. The van der Waals surface area contributed by atoms with Crippen molar-refractivity contribution in [2.24, 2.45) is 0 Å². The maximum atomic E-state index is 9.79. The number of phenols is 2. The third-order valence-corrected chi connectivity index (χ3v) is 2.63. The van der Waals surface area contributed by atoms with Gasteiger partial charge in [0.2, 0.25) is 0 Å². The molecule has 2 nitrogen and oxygen atoms in total. The normalized spacial score (nSPS) is 11.1. The molecule has 2 N–H and O–H groups in total. The van der Waals surface area contributed by atoms with Crippen LogP contribution in [-0.2, 0) is 0 Å². The lowest BCUT2D eigenvalue weighted by molar-refractivity contribution is 0.465. The van der Waals surface area contributed by atoms with Gasteiger partial charge in [-0.1, -0.05) is 26.0 Å². The predicted molar refractivity (Wildman–Crippen MR) is 61.4 cm³/mol. The van der Waals surface area contributed by atoms with E-state index in [-0.39, 0.29) is 11.7 Å². The van der Waals surface area contributed by atoms with Crippen molar-refractivity contribution in [3.05, 3.63) is 35.9 Å². The van der Waals surface area contributed by atoms with Gasteiger partial charge >= 0.3 is 0 Å². The molecule has 0 unspecified atom stereocenters. The Morgan fingerprint density at radius 1 is 0.867 bits per heavy atom. The molecule has 0 amide bonds. The van der Waals surface area contributed by atoms with Crippen LogP contribution >= 0.6 is 0 Å². The zero-order chi connectivity index (χ0) is 11.0. The molecule has 0 spiro atoms. The highest BCUT2D eigenvalue weighted by Crippen LogP contribution is 2.36. The lowest BCUT2D eigenvalue weighted by Gasteiger charge is -2.12. The molecule has 0 aliphatic heterocycles. The van der Waals surface area contributed by atoms with Gasteiger partial charge in [0.05, 0.1) is 0 Å². The van der Waals surface area contributed by atoms with E-state index in [1.165, 1.54) is 0 Å². The summed E-state index contributed by atoms with van der Waals surface area (Å²) < 4.78 is 0. The van der Waals surface area contributed by atoms with Crippen LogP contribution in [0.25, 0.3) is 10.8 Å². The van der Waals surface area contributed by atoms with Gasteiger partial charge < -0.3 is 10.2 Å². The van der Waals surface area contributed by atoms with Crippen LogP contribution in [0.4, 0.5) is 0 Å². The van der Waals surface area contributed by atoms with Crippen molar-refractivity contribution in [3.8, 4) is 11.5 Å². The Balaban J connectivity index is 2.88. The van der Waals surface area contributed by atoms with Gasteiger partial charge in [0.15, 0.2) is 0 Å². The lowest BCUT2D eigenvalue weighted by atomic mass is 9.95. The summed E-state index contributed by atoms with van der Waals surface area (Å²) in [4.78, 5) is 0. The molecular weight excluding hydrogens is 188 g/mol. The van der Waals surface area contributed by atoms with Gasteiger partial charge in [0, 0.05) is 10.9 Å². The molecular formula is C13H14O2. The molecule has 0 heterocycles. The molecule has 0 aliphatic carbocycles. The van der Waals surface area contributed by atoms with E-state index in [0.717, 1.165) is 16.3 Å². The molecule has 2 aromatic carbocycles. The first kappa shape index (κ1) is 9.84. The smallest absolute Gasteiger partial charge is 0.123 e. The van der Waals surface area contributed by atoms with Crippen LogP contribution in [0.5, 0.6) is 11.5 Å². The number of phenolic OH excluding ortho intramolecular Hbond substituents is 2. The Hall–Kier alpha value is -1.70. The van der Waals surface area contributed by atoms with E-state index in [4.69, 9.17) is 0 Å². The van der Waals surface area contributed by atoms with Gasteiger partial charge in [-0.3, -0.25) is 0 Å². The van der Waals surface area contributed by atoms with Crippen LogP contribution in [0.3, 0.4) is 0 Å². The van der Waals surface area contributed by atoms with Crippen molar-refractivity contribution < 1.29 is 10.2 Å². The van der Waals surface area contributed by atoms with Crippen LogP contribution in [0.15, 0.2) is 30.3 Å². The summed E-state index contributed by atoms with van der Waals surface area (Å²) in [6.07, 6.45) is 0. The molecule has 2 aromatic rings. The molecule has 78 valence electrons. The number of hydrogen-bond donors (Lipinski definition) is 2. The number of benzene rings is 2. The Morgan fingerprint density at radius 2 is 1.60 bits per heavy atom. The summed E-state index contributed by atoms with van der Waals surface area (Å²) in [6, 6.07) is 8.75. The molecule has 0 fully saturated rings. The number of hydrogen-bond acceptors (Lipinski definition) is 2. The fourth-order valence-electron chi connectivity index (χ4n) is 1.96. The number of rotatable bonds is 1. The molecule has 0 aliphatic rings. The molecule has 2 rings (SSSR count). The molecule has 0 aromatic heterocycles. The molecule has 2 heteroatoms. The second-order valence-corrected chi connectivity index (χ2v) is 4.03. The number of aromatic hydroxyl groups is 2. The van der Waals surface area contributed by atoms with Crippen molar-refractivity contribution in [3.63, 3.8) is 0 Å². The first-order valence-electron chi connectivity index (χ1n) is 5.05. The highest BCUT2D eigenvalue weighted by Gasteiger charge is 2.11. The van der Waals surface area contributed by atoms with Crippen molar-refractivity contribution in [2.75, 3.05) is 0 Å². The van der Waals surface area contributed by atoms with Crippen LogP contribution in [-0.4, -0.2) is 10.2 Å². The second kappa shape index (κ2) is 3.46. The van der Waals surface area contributed by atoms with E-state index < -0.39 is 0 Å². The van der Waals surface area contributed by atoms with Crippen molar-refractivity contribution in [1.29, 1.82) is 0 Å². The van der Waals surface area contributed by atoms with E-state index in [1.807, 2.05) is 19.9 Å². The van der Waals surface area contributed by atoms with Gasteiger partial charge in [-0.05, 0) is 29.5 Å². The van der Waals surface area contributed by atoms with Crippen LogP contribution < -0.4 is 0 Å². The quantitative estimate of drug-likeness (QED) is 0.744.